The zero-order valence-corrected chi connectivity index (χ0v) is 10.9. The van der Waals surface area contributed by atoms with Gasteiger partial charge in [0.25, 0.3) is 0 Å². The van der Waals surface area contributed by atoms with Crippen molar-refractivity contribution in [1.82, 2.24) is 4.90 Å². The maximum atomic E-state index is 11.3. The third-order valence-electron chi connectivity index (χ3n) is 3.62. The van der Waals surface area contributed by atoms with Crippen LogP contribution in [-0.4, -0.2) is 23.9 Å². The van der Waals surface area contributed by atoms with Crippen LogP contribution in [0.15, 0.2) is 36.0 Å². The second-order valence-corrected chi connectivity index (χ2v) is 5.63. The molecular formula is C15H21NO. The van der Waals surface area contributed by atoms with Gasteiger partial charge in [0.05, 0.1) is 0 Å². The molecule has 1 saturated heterocycles. The molecular weight excluding hydrogens is 210 g/mol. The number of allylic oxidation sites excluding steroid dienone is 5. The lowest BCUT2D eigenvalue weighted by molar-refractivity contribution is -0.127. The Morgan fingerprint density at radius 2 is 2.18 bits per heavy atom. The van der Waals surface area contributed by atoms with Gasteiger partial charge >= 0.3 is 0 Å². The van der Waals surface area contributed by atoms with Gasteiger partial charge in [0, 0.05) is 31.3 Å². The highest BCUT2D eigenvalue weighted by Crippen LogP contribution is 2.29. The Labute approximate surface area is 104 Å². The Bertz CT molecular complexity index is 401. The quantitative estimate of drug-likeness (QED) is 0.679. The molecule has 0 saturated carbocycles. The van der Waals surface area contributed by atoms with Gasteiger partial charge in [-0.15, -0.1) is 0 Å². The van der Waals surface area contributed by atoms with Crippen LogP contribution in [0.25, 0.3) is 0 Å². The van der Waals surface area contributed by atoms with Gasteiger partial charge in [-0.2, -0.15) is 0 Å². The lowest BCUT2D eigenvalue weighted by atomic mass is 9.92. The molecule has 17 heavy (non-hydrogen) atoms. The summed E-state index contributed by atoms with van der Waals surface area (Å²) in [4.78, 5) is 13.3. The van der Waals surface area contributed by atoms with E-state index in [4.69, 9.17) is 0 Å². The monoisotopic (exact) mass is 231 g/mol. The molecule has 0 bridgehead atoms. The SMILES string of the molecule is CC(=O)N1CCC(C2=CC=CC(C)(C)C=C2)C1. The fourth-order valence-electron chi connectivity index (χ4n) is 2.42. The summed E-state index contributed by atoms with van der Waals surface area (Å²) in [6, 6.07) is 0. The van der Waals surface area contributed by atoms with Gasteiger partial charge in [0.2, 0.25) is 5.91 Å². The molecule has 2 aliphatic rings. The summed E-state index contributed by atoms with van der Waals surface area (Å²) in [7, 11) is 0. The molecule has 1 unspecified atom stereocenters. The van der Waals surface area contributed by atoms with E-state index in [1.807, 2.05) is 4.90 Å². The fraction of sp³-hybridized carbons (Fsp3) is 0.533. The summed E-state index contributed by atoms with van der Waals surface area (Å²) in [6.45, 7) is 7.83. The van der Waals surface area contributed by atoms with Crippen molar-refractivity contribution in [3.8, 4) is 0 Å². The minimum atomic E-state index is 0.136. The summed E-state index contributed by atoms with van der Waals surface area (Å²) in [5.41, 5.74) is 1.49. The van der Waals surface area contributed by atoms with Gasteiger partial charge in [0.1, 0.15) is 0 Å². The van der Waals surface area contributed by atoms with E-state index in [0.29, 0.717) is 5.92 Å². The van der Waals surface area contributed by atoms with Crippen LogP contribution >= 0.6 is 0 Å². The zero-order valence-electron chi connectivity index (χ0n) is 10.9. The Kier molecular flexibility index (Phi) is 3.23. The van der Waals surface area contributed by atoms with Crippen LogP contribution in [0.2, 0.25) is 0 Å². The molecule has 1 aliphatic carbocycles. The minimum Gasteiger partial charge on any atom is -0.342 e. The van der Waals surface area contributed by atoms with Gasteiger partial charge in [0.15, 0.2) is 0 Å². The Morgan fingerprint density at radius 1 is 1.41 bits per heavy atom. The summed E-state index contributed by atoms with van der Waals surface area (Å²) in [6.07, 6.45) is 12.1. The Balaban J connectivity index is 2.08. The van der Waals surface area contributed by atoms with Crippen molar-refractivity contribution in [3.63, 3.8) is 0 Å². The highest BCUT2D eigenvalue weighted by molar-refractivity contribution is 5.73. The van der Waals surface area contributed by atoms with E-state index in [1.54, 1.807) is 6.92 Å². The lowest BCUT2D eigenvalue weighted by Gasteiger charge is -2.15. The second kappa shape index (κ2) is 4.52. The predicted octanol–water partition coefficient (Wildman–Crippen LogP) is 2.93. The van der Waals surface area contributed by atoms with Crippen molar-refractivity contribution >= 4 is 5.91 Å². The van der Waals surface area contributed by atoms with Crippen LogP contribution in [-0.2, 0) is 4.79 Å². The standard InChI is InChI=1S/C15H21NO/c1-12(17)16-10-7-14(11-16)13-5-4-8-15(2,3)9-6-13/h4-6,8-9,14H,7,10-11H2,1-3H3. The van der Waals surface area contributed by atoms with Crippen molar-refractivity contribution < 1.29 is 4.79 Å². The van der Waals surface area contributed by atoms with Crippen molar-refractivity contribution in [3.05, 3.63) is 36.0 Å². The van der Waals surface area contributed by atoms with Crippen molar-refractivity contribution in [1.29, 1.82) is 0 Å². The average molecular weight is 231 g/mol. The van der Waals surface area contributed by atoms with Crippen molar-refractivity contribution in [2.24, 2.45) is 11.3 Å². The van der Waals surface area contributed by atoms with Crippen LogP contribution in [0.3, 0.4) is 0 Å². The summed E-state index contributed by atoms with van der Waals surface area (Å²) in [5, 5.41) is 0. The molecule has 2 nitrogen and oxygen atoms in total. The van der Waals surface area contributed by atoms with E-state index in [9.17, 15) is 4.79 Å². The van der Waals surface area contributed by atoms with Crippen LogP contribution < -0.4 is 0 Å². The van der Waals surface area contributed by atoms with Crippen LogP contribution in [0.5, 0.6) is 0 Å². The van der Waals surface area contributed by atoms with Gasteiger partial charge in [-0.25, -0.2) is 0 Å². The second-order valence-electron chi connectivity index (χ2n) is 5.63. The summed E-state index contributed by atoms with van der Waals surface area (Å²) >= 11 is 0. The molecule has 0 aromatic heterocycles. The molecule has 1 aliphatic heterocycles. The summed E-state index contributed by atoms with van der Waals surface area (Å²) < 4.78 is 0. The maximum absolute atomic E-state index is 11.3. The van der Waals surface area contributed by atoms with E-state index >= 15 is 0 Å². The molecule has 92 valence electrons. The number of hydrogen-bond donors (Lipinski definition) is 0. The number of amides is 1. The predicted molar refractivity (Wildman–Crippen MR) is 70.5 cm³/mol. The van der Waals surface area contributed by atoms with Crippen LogP contribution in [0.1, 0.15) is 27.2 Å². The first-order valence-corrected chi connectivity index (χ1v) is 6.32. The van der Waals surface area contributed by atoms with Crippen LogP contribution in [0, 0.1) is 11.3 Å². The zero-order chi connectivity index (χ0) is 12.5. The van der Waals surface area contributed by atoms with Crippen LogP contribution in [0.4, 0.5) is 0 Å². The highest BCUT2D eigenvalue weighted by atomic mass is 16.2. The number of carbonyl (C=O) groups excluding carboxylic acids is 1. The number of rotatable bonds is 1. The van der Waals surface area contributed by atoms with E-state index in [1.165, 1.54) is 5.57 Å². The molecule has 2 heteroatoms. The maximum Gasteiger partial charge on any atom is 0.219 e. The molecule has 0 spiro atoms. The Hall–Kier alpha value is -1.31. The van der Waals surface area contributed by atoms with Gasteiger partial charge in [-0.05, 0) is 12.0 Å². The van der Waals surface area contributed by atoms with Crippen molar-refractivity contribution in [2.75, 3.05) is 13.1 Å². The number of hydrogen-bond acceptors (Lipinski definition) is 1. The van der Waals surface area contributed by atoms with E-state index in [0.717, 1.165) is 19.5 Å². The molecule has 1 fully saturated rings. The number of nitrogens with zero attached hydrogens (tertiary/aromatic N) is 1. The van der Waals surface area contributed by atoms with E-state index in [-0.39, 0.29) is 11.3 Å². The molecule has 1 amide bonds. The molecule has 1 heterocycles. The highest BCUT2D eigenvalue weighted by Gasteiger charge is 2.26. The van der Waals surface area contributed by atoms with Gasteiger partial charge < -0.3 is 4.90 Å². The molecule has 0 aromatic carbocycles. The van der Waals surface area contributed by atoms with E-state index < -0.39 is 0 Å². The largest absolute Gasteiger partial charge is 0.342 e. The average Bonchev–Trinajstić information content (AvgIpc) is 2.65. The topological polar surface area (TPSA) is 20.3 Å². The lowest BCUT2D eigenvalue weighted by Crippen LogP contribution is -2.25. The smallest absolute Gasteiger partial charge is 0.219 e. The molecule has 2 rings (SSSR count). The third-order valence-corrected chi connectivity index (χ3v) is 3.62. The summed E-state index contributed by atoms with van der Waals surface area (Å²) in [5.74, 6) is 0.704. The van der Waals surface area contributed by atoms with Gasteiger partial charge in [-0.3, -0.25) is 4.79 Å². The van der Waals surface area contributed by atoms with Gasteiger partial charge in [-0.1, -0.05) is 44.2 Å². The van der Waals surface area contributed by atoms with Crippen molar-refractivity contribution in [2.45, 2.75) is 27.2 Å². The first-order chi connectivity index (χ1) is 7.98. The normalized spacial score (nSPS) is 26.9. The first kappa shape index (κ1) is 12.2. The number of carbonyl (C=O) groups is 1. The Morgan fingerprint density at radius 3 is 2.82 bits per heavy atom. The molecule has 0 aromatic rings. The first-order valence-electron chi connectivity index (χ1n) is 6.32. The molecule has 0 N–H and O–H groups in total. The number of likely N-dealkylation sites (tertiary alicyclic amines) is 1. The molecule has 0 radical (unpaired) electrons. The molecule has 1 atom stereocenters. The fourth-order valence-corrected chi connectivity index (χ4v) is 2.42. The third kappa shape index (κ3) is 2.87. The van der Waals surface area contributed by atoms with E-state index in [2.05, 4.69) is 44.2 Å². The minimum absolute atomic E-state index is 0.136.